The van der Waals surface area contributed by atoms with Crippen LogP contribution in [0.3, 0.4) is 0 Å². The summed E-state index contributed by atoms with van der Waals surface area (Å²) in [5.74, 6) is -2.00. The predicted molar refractivity (Wildman–Crippen MR) is 76.1 cm³/mol. The van der Waals surface area contributed by atoms with Crippen LogP contribution in [0, 0.1) is 11.6 Å². The SMILES string of the molecule is O=C(Cc1ccc(F)c(F)c1)c1ccc2ncccc2c1. The van der Waals surface area contributed by atoms with Crippen molar-refractivity contribution in [2.45, 2.75) is 6.42 Å². The number of pyridine rings is 1. The Morgan fingerprint density at radius 2 is 1.86 bits per heavy atom. The number of rotatable bonds is 3. The van der Waals surface area contributed by atoms with E-state index in [1.165, 1.54) is 6.07 Å². The van der Waals surface area contributed by atoms with Crippen molar-refractivity contribution >= 4 is 16.7 Å². The Morgan fingerprint density at radius 1 is 1.00 bits per heavy atom. The Hall–Kier alpha value is -2.62. The minimum absolute atomic E-state index is 0.0307. The standard InChI is InChI=1S/C17H11F2NO/c18-14-5-3-11(8-15(14)19)9-17(21)13-4-6-16-12(10-13)2-1-7-20-16/h1-8,10H,9H2. The summed E-state index contributed by atoms with van der Waals surface area (Å²) in [6, 6.07) is 12.4. The summed E-state index contributed by atoms with van der Waals surface area (Å²) in [7, 11) is 0. The van der Waals surface area contributed by atoms with Gasteiger partial charge in [0.25, 0.3) is 0 Å². The second-order valence-electron chi connectivity index (χ2n) is 4.76. The number of Topliss-reactive ketones (excluding diaryl/α,β-unsaturated/α-hetero) is 1. The van der Waals surface area contributed by atoms with Gasteiger partial charge in [0.05, 0.1) is 5.52 Å². The average Bonchev–Trinajstić information content (AvgIpc) is 2.50. The summed E-state index contributed by atoms with van der Waals surface area (Å²) in [6.07, 6.45) is 1.72. The summed E-state index contributed by atoms with van der Waals surface area (Å²) >= 11 is 0. The molecule has 21 heavy (non-hydrogen) atoms. The summed E-state index contributed by atoms with van der Waals surface area (Å²) in [4.78, 5) is 16.4. The van der Waals surface area contributed by atoms with Crippen molar-refractivity contribution in [1.29, 1.82) is 0 Å². The fourth-order valence-electron chi connectivity index (χ4n) is 2.19. The molecule has 0 aliphatic rings. The molecule has 2 nitrogen and oxygen atoms in total. The van der Waals surface area contributed by atoms with E-state index in [1.807, 2.05) is 6.07 Å². The number of nitrogens with zero attached hydrogens (tertiary/aromatic N) is 1. The maximum absolute atomic E-state index is 13.1. The second-order valence-corrected chi connectivity index (χ2v) is 4.76. The van der Waals surface area contributed by atoms with E-state index in [4.69, 9.17) is 0 Å². The largest absolute Gasteiger partial charge is 0.294 e. The first-order valence-corrected chi connectivity index (χ1v) is 6.45. The van der Waals surface area contributed by atoms with Crippen LogP contribution in [-0.4, -0.2) is 10.8 Å². The van der Waals surface area contributed by atoms with Crippen LogP contribution in [0.25, 0.3) is 10.9 Å². The zero-order valence-corrected chi connectivity index (χ0v) is 11.0. The molecule has 0 radical (unpaired) electrons. The number of fused-ring (bicyclic) bond motifs is 1. The lowest BCUT2D eigenvalue weighted by Crippen LogP contribution is -2.04. The van der Waals surface area contributed by atoms with E-state index >= 15 is 0 Å². The molecule has 1 heterocycles. The van der Waals surface area contributed by atoms with Gasteiger partial charge < -0.3 is 0 Å². The normalized spacial score (nSPS) is 10.8. The van der Waals surface area contributed by atoms with Crippen LogP contribution in [0.2, 0.25) is 0 Å². The minimum Gasteiger partial charge on any atom is -0.294 e. The van der Waals surface area contributed by atoms with Gasteiger partial charge in [-0.3, -0.25) is 9.78 Å². The van der Waals surface area contributed by atoms with Gasteiger partial charge in [0, 0.05) is 23.6 Å². The number of carbonyl (C=O) groups is 1. The van der Waals surface area contributed by atoms with Crippen LogP contribution in [-0.2, 0) is 6.42 Å². The molecule has 0 unspecified atom stereocenters. The van der Waals surface area contributed by atoms with Gasteiger partial charge in [0.1, 0.15) is 0 Å². The number of benzene rings is 2. The molecule has 0 saturated carbocycles. The monoisotopic (exact) mass is 283 g/mol. The van der Waals surface area contributed by atoms with Crippen molar-refractivity contribution in [2.75, 3.05) is 0 Å². The number of ketones is 1. The molecule has 0 atom stereocenters. The maximum Gasteiger partial charge on any atom is 0.167 e. The third-order valence-electron chi connectivity index (χ3n) is 3.27. The van der Waals surface area contributed by atoms with E-state index in [2.05, 4.69) is 4.98 Å². The first-order valence-electron chi connectivity index (χ1n) is 6.45. The number of carbonyl (C=O) groups excluding carboxylic acids is 1. The van der Waals surface area contributed by atoms with Crippen molar-refractivity contribution in [3.63, 3.8) is 0 Å². The molecule has 0 N–H and O–H groups in total. The summed E-state index contributed by atoms with van der Waals surface area (Å²) < 4.78 is 26.0. The van der Waals surface area contributed by atoms with Crippen molar-refractivity contribution in [3.8, 4) is 0 Å². The fraction of sp³-hybridized carbons (Fsp3) is 0.0588. The molecule has 0 aliphatic heterocycles. The molecule has 0 amide bonds. The van der Waals surface area contributed by atoms with E-state index in [9.17, 15) is 13.6 Å². The van der Waals surface area contributed by atoms with E-state index in [1.54, 1.807) is 30.5 Å². The summed E-state index contributed by atoms with van der Waals surface area (Å²) in [6.45, 7) is 0. The Bertz CT molecular complexity index is 830. The Balaban J connectivity index is 1.87. The number of hydrogen-bond acceptors (Lipinski definition) is 2. The summed E-state index contributed by atoms with van der Waals surface area (Å²) in [5, 5.41) is 0.869. The predicted octanol–water partition coefficient (Wildman–Crippen LogP) is 3.94. The zero-order valence-electron chi connectivity index (χ0n) is 11.0. The first kappa shape index (κ1) is 13.4. The fourth-order valence-corrected chi connectivity index (χ4v) is 2.19. The molecule has 3 aromatic rings. The molecule has 0 saturated heterocycles. The van der Waals surface area contributed by atoms with Crippen molar-refractivity contribution < 1.29 is 13.6 Å². The molecule has 104 valence electrons. The lowest BCUT2D eigenvalue weighted by Gasteiger charge is -2.04. The lowest BCUT2D eigenvalue weighted by molar-refractivity contribution is 0.0993. The third kappa shape index (κ3) is 2.79. The maximum atomic E-state index is 13.1. The Labute approximate surface area is 120 Å². The molecule has 2 aromatic carbocycles. The highest BCUT2D eigenvalue weighted by molar-refractivity contribution is 6.00. The quantitative estimate of drug-likeness (QED) is 0.681. The van der Waals surface area contributed by atoms with Crippen LogP contribution >= 0.6 is 0 Å². The smallest absolute Gasteiger partial charge is 0.167 e. The lowest BCUT2D eigenvalue weighted by atomic mass is 10.0. The molecule has 0 aliphatic carbocycles. The minimum atomic E-state index is -0.942. The number of aromatic nitrogens is 1. The zero-order chi connectivity index (χ0) is 14.8. The number of halogens is 2. The molecule has 0 fully saturated rings. The highest BCUT2D eigenvalue weighted by Crippen LogP contribution is 2.16. The van der Waals surface area contributed by atoms with Crippen molar-refractivity contribution in [3.05, 3.63) is 77.5 Å². The van der Waals surface area contributed by atoms with E-state index < -0.39 is 11.6 Å². The van der Waals surface area contributed by atoms with E-state index in [-0.39, 0.29) is 12.2 Å². The van der Waals surface area contributed by atoms with Crippen LogP contribution < -0.4 is 0 Å². The van der Waals surface area contributed by atoms with Gasteiger partial charge in [-0.15, -0.1) is 0 Å². The highest BCUT2D eigenvalue weighted by atomic mass is 19.2. The van der Waals surface area contributed by atoms with Gasteiger partial charge in [-0.05, 0) is 42.0 Å². The molecular formula is C17H11F2NO. The van der Waals surface area contributed by atoms with Crippen molar-refractivity contribution in [1.82, 2.24) is 4.98 Å². The molecule has 4 heteroatoms. The van der Waals surface area contributed by atoms with Gasteiger partial charge in [-0.1, -0.05) is 12.1 Å². The van der Waals surface area contributed by atoms with E-state index in [0.29, 0.717) is 11.1 Å². The van der Waals surface area contributed by atoms with Crippen LogP contribution in [0.5, 0.6) is 0 Å². The van der Waals surface area contributed by atoms with Gasteiger partial charge in [-0.25, -0.2) is 8.78 Å². The van der Waals surface area contributed by atoms with Gasteiger partial charge >= 0.3 is 0 Å². The third-order valence-corrected chi connectivity index (χ3v) is 3.27. The summed E-state index contributed by atoms with van der Waals surface area (Å²) in [5.41, 5.74) is 1.78. The molecular weight excluding hydrogens is 272 g/mol. The van der Waals surface area contributed by atoms with Gasteiger partial charge in [0.2, 0.25) is 0 Å². The average molecular weight is 283 g/mol. The van der Waals surface area contributed by atoms with Gasteiger partial charge in [-0.2, -0.15) is 0 Å². The highest BCUT2D eigenvalue weighted by Gasteiger charge is 2.10. The molecule has 0 spiro atoms. The van der Waals surface area contributed by atoms with Crippen LogP contribution in [0.15, 0.2) is 54.7 Å². The van der Waals surface area contributed by atoms with Crippen LogP contribution in [0.1, 0.15) is 15.9 Å². The topological polar surface area (TPSA) is 30.0 Å². The Kier molecular flexibility index (Phi) is 3.44. The van der Waals surface area contributed by atoms with Crippen LogP contribution in [0.4, 0.5) is 8.78 Å². The molecule has 1 aromatic heterocycles. The van der Waals surface area contributed by atoms with E-state index in [0.717, 1.165) is 23.0 Å². The first-order chi connectivity index (χ1) is 10.1. The Morgan fingerprint density at radius 3 is 2.67 bits per heavy atom. The molecule has 3 rings (SSSR count). The van der Waals surface area contributed by atoms with Crippen molar-refractivity contribution in [2.24, 2.45) is 0 Å². The second kappa shape index (κ2) is 5.40. The molecule has 0 bridgehead atoms. The van der Waals surface area contributed by atoms with Gasteiger partial charge in [0.15, 0.2) is 17.4 Å². The number of hydrogen-bond donors (Lipinski definition) is 0.